The second-order valence-corrected chi connectivity index (χ2v) is 11.9. The van der Waals surface area contributed by atoms with Crippen LogP contribution in [-0.4, -0.2) is 31.3 Å². The molecular formula is C30H43FN2O2. The lowest BCUT2D eigenvalue weighted by Gasteiger charge is -2.34. The Bertz CT molecular complexity index is 914. The highest BCUT2D eigenvalue weighted by molar-refractivity contribution is 5.67. The molecule has 192 valence electrons. The van der Waals surface area contributed by atoms with E-state index in [-0.39, 0.29) is 16.9 Å². The molecule has 1 aliphatic rings. The molecule has 1 fully saturated rings. The predicted molar refractivity (Wildman–Crippen MR) is 142 cm³/mol. The molecule has 3 rings (SSSR count). The number of alkyl carbamates (subject to hydrolysis) is 1. The third-order valence-corrected chi connectivity index (χ3v) is 6.99. The van der Waals surface area contributed by atoms with E-state index in [1.165, 1.54) is 0 Å². The zero-order valence-corrected chi connectivity index (χ0v) is 22.5. The molecule has 2 aromatic rings. The Labute approximate surface area is 211 Å². The quantitative estimate of drug-likeness (QED) is 0.429. The first-order chi connectivity index (χ1) is 16.4. The molecule has 5 heteroatoms. The zero-order valence-electron chi connectivity index (χ0n) is 22.5. The third-order valence-electron chi connectivity index (χ3n) is 6.99. The predicted octanol–water partition coefficient (Wildman–Crippen LogP) is 6.75. The minimum atomic E-state index is -1.76. The van der Waals surface area contributed by atoms with Crippen molar-refractivity contribution in [2.45, 2.75) is 96.4 Å². The van der Waals surface area contributed by atoms with Gasteiger partial charge in [0, 0.05) is 19.5 Å². The van der Waals surface area contributed by atoms with Crippen molar-refractivity contribution < 1.29 is 13.9 Å². The van der Waals surface area contributed by atoms with Crippen LogP contribution in [0.15, 0.2) is 48.5 Å². The molecule has 0 radical (unpaired) electrons. The van der Waals surface area contributed by atoms with Gasteiger partial charge in [0.05, 0.1) is 6.04 Å². The maximum Gasteiger partial charge on any atom is 0.407 e. The van der Waals surface area contributed by atoms with Gasteiger partial charge in [0.2, 0.25) is 0 Å². The monoisotopic (exact) mass is 482 g/mol. The van der Waals surface area contributed by atoms with Crippen molar-refractivity contribution in [1.29, 1.82) is 0 Å². The Balaban J connectivity index is 1.90. The Hall–Kier alpha value is -2.40. The number of alkyl halides is 1. The number of ether oxygens (including phenoxy) is 1. The molecule has 2 N–H and O–H groups in total. The van der Waals surface area contributed by atoms with E-state index in [4.69, 9.17) is 4.74 Å². The normalized spacial score (nSPS) is 19.0. The first kappa shape index (κ1) is 27.2. The molecule has 0 aromatic heterocycles. The number of nitrogens with one attached hydrogen (secondary N) is 2. The van der Waals surface area contributed by atoms with Gasteiger partial charge in [-0.2, -0.15) is 0 Å². The summed E-state index contributed by atoms with van der Waals surface area (Å²) in [5.41, 5.74) is 1.76. The van der Waals surface area contributed by atoms with Crippen molar-refractivity contribution >= 4 is 6.09 Å². The van der Waals surface area contributed by atoms with Gasteiger partial charge >= 0.3 is 6.09 Å². The number of unbranched alkanes of at least 4 members (excludes halogenated alkanes) is 1. The van der Waals surface area contributed by atoms with E-state index in [1.807, 2.05) is 48.5 Å². The van der Waals surface area contributed by atoms with Crippen LogP contribution in [0.1, 0.15) is 90.0 Å². The van der Waals surface area contributed by atoms with Crippen molar-refractivity contribution in [1.82, 2.24) is 10.6 Å². The van der Waals surface area contributed by atoms with E-state index in [0.29, 0.717) is 30.6 Å². The highest BCUT2D eigenvalue weighted by Crippen LogP contribution is 2.42. The van der Waals surface area contributed by atoms with E-state index in [9.17, 15) is 4.79 Å². The number of amides is 1. The van der Waals surface area contributed by atoms with Crippen molar-refractivity contribution in [2.24, 2.45) is 0 Å². The SMILES string of the molecule is CCCCNC(=O)O[C@@H]1CNC(C(F)(c2ccc(C(C)(C)C)cc2)c2ccc(C(C)(C)C)cc2)C1. The van der Waals surface area contributed by atoms with Crippen LogP contribution in [0.25, 0.3) is 0 Å². The van der Waals surface area contributed by atoms with E-state index in [2.05, 4.69) is 59.1 Å². The van der Waals surface area contributed by atoms with Crippen molar-refractivity contribution in [3.63, 3.8) is 0 Å². The van der Waals surface area contributed by atoms with Crippen LogP contribution < -0.4 is 10.6 Å². The molecule has 0 aliphatic carbocycles. The largest absolute Gasteiger partial charge is 0.445 e. The fourth-order valence-corrected chi connectivity index (χ4v) is 4.65. The molecule has 1 heterocycles. The minimum absolute atomic E-state index is 0.0124. The molecule has 1 aliphatic heterocycles. The summed E-state index contributed by atoms with van der Waals surface area (Å²) in [6.45, 7) is 16.0. The number of carbonyl (C=O) groups excluding carboxylic acids is 1. The molecule has 2 aromatic carbocycles. The highest BCUT2D eigenvalue weighted by atomic mass is 19.1. The van der Waals surface area contributed by atoms with Crippen molar-refractivity contribution in [3.8, 4) is 0 Å². The number of hydrogen-bond donors (Lipinski definition) is 2. The van der Waals surface area contributed by atoms with Gasteiger partial charge in [-0.05, 0) is 39.5 Å². The minimum Gasteiger partial charge on any atom is -0.445 e. The van der Waals surface area contributed by atoms with Crippen LogP contribution in [0.2, 0.25) is 0 Å². The zero-order chi connectivity index (χ0) is 25.9. The van der Waals surface area contributed by atoms with E-state index in [1.54, 1.807) is 0 Å². The second-order valence-electron chi connectivity index (χ2n) is 11.9. The average molecular weight is 483 g/mol. The Morgan fingerprint density at radius 1 is 0.914 bits per heavy atom. The summed E-state index contributed by atoms with van der Waals surface area (Å²) in [5.74, 6) is 0. The van der Waals surface area contributed by atoms with E-state index >= 15 is 4.39 Å². The first-order valence-corrected chi connectivity index (χ1v) is 12.9. The molecule has 2 atom stereocenters. The van der Waals surface area contributed by atoms with Crippen LogP contribution in [0, 0.1) is 0 Å². The third kappa shape index (κ3) is 6.43. The van der Waals surface area contributed by atoms with Crippen molar-refractivity contribution in [3.05, 3.63) is 70.8 Å². The number of benzene rings is 2. The number of halogens is 1. The van der Waals surface area contributed by atoms with Crippen LogP contribution in [0.5, 0.6) is 0 Å². The van der Waals surface area contributed by atoms with Crippen LogP contribution >= 0.6 is 0 Å². The number of rotatable bonds is 7. The highest BCUT2D eigenvalue weighted by Gasteiger charge is 2.47. The molecule has 0 bridgehead atoms. The molecule has 4 nitrogen and oxygen atoms in total. The summed E-state index contributed by atoms with van der Waals surface area (Å²) in [4.78, 5) is 12.2. The molecule has 1 saturated heterocycles. The van der Waals surface area contributed by atoms with Gasteiger partial charge in [0.25, 0.3) is 0 Å². The van der Waals surface area contributed by atoms with Crippen LogP contribution in [0.3, 0.4) is 0 Å². The number of hydrogen-bond acceptors (Lipinski definition) is 3. The van der Waals surface area contributed by atoms with Crippen LogP contribution in [-0.2, 0) is 21.2 Å². The lowest BCUT2D eigenvalue weighted by Crippen LogP contribution is -2.43. The molecular weight excluding hydrogens is 439 g/mol. The van der Waals surface area contributed by atoms with Gasteiger partial charge in [-0.15, -0.1) is 0 Å². The average Bonchev–Trinajstić information content (AvgIpc) is 3.26. The standard InChI is InChI=1S/C30H43FN2O2/c1-8-9-18-32-27(34)35-25-19-26(33-20-25)30(31,23-14-10-21(11-15-23)28(2,3)4)24-16-12-22(13-17-24)29(5,6)7/h10-17,25-26,33H,8-9,18-20H2,1-7H3,(H,32,34)/t25-,26?/m0/s1. The summed E-state index contributed by atoms with van der Waals surface area (Å²) < 4.78 is 23.0. The maximum atomic E-state index is 17.4. The lowest BCUT2D eigenvalue weighted by molar-refractivity contribution is 0.0978. The van der Waals surface area contributed by atoms with Crippen molar-refractivity contribution in [2.75, 3.05) is 13.1 Å². The molecule has 0 saturated carbocycles. The lowest BCUT2D eigenvalue weighted by atomic mass is 9.78. The maximum absolute atomic E-state index is 17.4. The fraction of sp³-hybridized carbons (Fsp3) is 0.567. The first-order valence-electron chi connectivity index (χ1n) is 12.9. The van der Waals surface area contributed by atoms with Gasteiger partial charge < -0.3 is 15.4 Å². The molecule has 0 spiro atoms. The molecule has 35 heavy (non-hydrogen) atoms. The Morgan fingerprint density at radius 2 is 1.37 bits per heavy atom. The molecule has 1 unspecified atom stereocenters. The smallest absolute Gasteiger partial charge is 0.407 e. The fourth-order valence-electron chi connectivity index (χ4n) is 4.65. The topological polar surface area (TPSA) is 50.4 Å². The Morgan fingerprint density at radius 3 is 1.80 bits per heavy atom. The van der Waals surface area contributed by atoms with Crippen LogP contribution in [0.4, 0.5) is 9.18 Å². The summed E-state index contributed by atoms with van der Waals surface area (Å²) in [7, 11) is 0. The van der Waals surface area contributed by atoms with Gasteiger partial charge in [-0.3, -0.25) is 0 Å². The van der Waals surface area contributed by atoms with Gasteiger partial charge in [-0.25, -0.2) is 9.18 Å². The summed E-state index contributed by atoms with van der Waals surface area (Å²) in [5, 5.41) is 6.11. The summed E-state index contributed by atoms with van der Waals surface area (Å²) in [6, 6.07) is 15.2. The van der Waals surface area contributed by atoms with E-state index in [0.717, 1.165) is 24.0 Å². The van der Waals surface area contributed by atoms with Gasteiger partial charge in [0.1, 0.15) is 6.10 Å². The van der Waals surface area contributed by atoms with Gasteiger partial charge in [-0.1, -0.05) is 103 Å². The second kappa shape index (κ2) is 10.7. The van der Waals surface area contributed by atoms with Gasteiger partial charge in [0.15, 0.2) is 5.67 Å². The molecule has 1 amide bonds. The summed E-state index contributed by atoms with van der Waals surface area (Å²) >= 11 is 0. The number of carbonyl (C=O) groups is 1. The van der Waals surface area contributed by atoms with E-state index < -0.39 is 17.8 Å². The Kier molecular flexibility index (Phi) is 8.31. The summed E-state index contributed by atoms with van der Waals surface area (Å²) in [6.07, 6.45) is 1.50.